The maximum absolute atomic E-state index is 13.3. The second kappa shape index (κ2) is 8.50. The lowest BCUT2D eigenvalue weighted by Gasteiger charge is -2.25. The summed E-state index contributed by atoms with van der Waals surface area (Å²) in [5.74, 6) is -0.621. The standard InChI is InChI=1S/C27H25F2N5O4/c1-32-19-13-17(21-16(25(32)35)3-2-4-20(21)38-26(28)29)22-23(19)31-34-12-9-18(30-24(22)34)14-7-10-33(11-8-14)27(36)37-15-5-6-15/h2-4,7,9,12,15,17,19,26H,5-6,8,10-11,13H2,1H3. The minimum Gasteiger partial charge on any atom is -0.446 e. The molecule has 2 aliphatic carbocycles. The molecule has 38 heavy (non-hydrogen) atoms. The average molecular weight is 522 g/mol. The Morgan fingerprint density at radius 3 is 2.76 bits per heavy atom. The number of halogens is 2. The van der Waals surface area contributed by atoms with Gasteiger partial charge in [-0.15, -0.1) is 0 Å². The summed E-state index contributed by atoms with van der Waals surface area (Å²) in [5.41, 5.74) is 4.78. The summed E-state index contributed by atoms with van der Waals surface area (Å²) in [6.45, 7) is -2.02. The summed E-state index contributed by atoms with van der Waals surface area (Å²) in [6.07, 6.45) is 6.64. The van der Waals surface area contributed by atoms with Gasteiger partial charge in [0, 0.05) is 48.9 Å². The summed E-state index contributed by atoms with van der Waals surface area (Å²) in [7, 11) is 1.71. The second-order valence-electron chi connectivity index (χ2n) is 10.2. The molecule has 9 nitrogen and oxygen atoms in total. The van der Waals surface area contributed by atoms with Gasteiger partial charge in [-0.1, -0.05) is 12.1 Å². The highest BCUT2D eigenvalue weighted by molar-refractivity contribution is 5.98. The first kappa shape index (κ1) is 23.1. The number of rotatable bonds is 4. The van der Waals surface area contributed by atoms with E-state index in [4.69, 9.17) is 19.6 Å². The van der Waals surface area contributed by atoms with Crippen LogP contribution in [0, 0.1) is 0 Å². The van der Waals surface area contributed by atoms with Gasteiger partial charge in [-0.25, -0.2) is 14.3 Å². The van der Waals surface area contributed by atoms with E-state index < -0.39 is 6.61 Å². The van der Waals surface area contributed by atoms with Gasteiger partial charge in [-0.2, -0.15) is 13.9 Å². The van der Waals surface area contributed by atoms with Crippen molar-refractivity contribution in [2.24, 2.45) is 0 Å². The van der Waals surface area contributed by atoms with E-state index in [1.54, 1.807) is 33.5 Å². The van der Waals surface area contributed by atoms with Gasteiger partial charge in [0.15, 0.2) is 5.65 Å². The molecule has 11 heteroatoms. The van der Waals surface area contributed by atoms with E-state index in [0.29, 0.717) is 42.7 Å². The summed E-state index contributed by atoms with van der Waals surface area (Å²) < 4.78 is 38.6. The molecule has 4 aliphatic rings. The Morgan fingerprint density at radius 2 is 2.03 bits per heavy atom. The van der Waals surface area contributed by atoms with Crippen LogP contribution in [0.1, 0.15) is 70.5 Å². The van der Waals surface area contributed by atoms with E-state index in [-0.39, 0.29) is 35.8 Å². The van der Waals surface area contributed by atoms with Crippen LogP contribution in [0.3, 0.4) is 0 Å². The molecular formula is C27H25F2N5O4. The van der Waals surface area contributed by atoms with Gasteiger partial charge < -0.3 is 19.3 Å². The first-order valence-electron chi connectivity index (χ1n) is 12.8. The van der Waals surface area contributed by atoms with Crippen LogP contribution in [-0.4, -0.2) is 69.3 Å². The smallest absolute Gasteiger partial charge is 0.410 e. The van der Waals surface area contributed by atoms with Crippen LogP contribution in [-0.2, 0) is 4.74 Å². The topological polar surface area (TPSA) is 89.3 Å². The van der Waals surface area contributed by atoms with Gasteiger partial charge in [0.05, 0.1) is 17.4 Å². The minimum absolute atomic E-state index is 0.00131. The fourth-order valence-corrected chi connectivity index (χ4v) is 5.87. The van der Waals surface area contributed by atoms with Crippen LogP contribution in [0.5, 0.6) is 5.75 Å². The van der Waals surface area contributed by atoms with Gasteiger partial charge in [-0.3, -0.25) is 4.79 Å². The number of carbonyl (C=O) groups is 2. The van der Waals surface area contributed by atoms with Gasteiger partial charge in [0.1, 0.15) is 11.9 Å². The largest absolute Gasteiger partial charge is 0.446 e. The lowest BCUT2D eigenvalue weighted by molar-refractivity contribution is -0.0505. The summed E-state index contributed by atoms with van der Waals surface area (Å²) in [6, 6.07) is 6.28. The Morgan fingerprint density at radius 1 is 1.18 bits per heavy atom. The number of amides is 2. The molecule has 1 fully saturated rings. The summed E-state index contributed by atoms with van der Waals surface area (Å²) >= 11 is 0. The second-order valence-corrected chi connectivity index (χ2v) is 10.2. The van der Waals surface area contributed by atoms with Crippen LogP contribution in [0.4, 0.5) is 13.6 Å². The highest BCUT2D eigenvalue weighted by atomic mass is 19.3. The quantitative estimate of drug-likeness (QED) is 0.506. The molecule has 196 valence electrons. The number of fused-ring (bicyclic) bond motifs is 9. The Balaban J connectivity index is 1.28. The van der Waals surface area contributed by atoms with Crippen molar-refractivity contribution in [2.75, 3.05) is 20.1 Å². The van der Waals surface area contributed by atoms with Gasteiger partial charge >= 0.3 is 12.7 Å². The van der Waals surface area contributed by atoms with Crippen LogP contribution >= 0.6 is 0 Å². The molecule has 1 saturated carbocycles. The Hall–Kier alpha value is -4.02. The van der Waals surface area contributed by atoms with Crippen molar-refractivity contribution in [2.45, 2.75) is 50.4 Å². The molecule has 0 radical (unpaired) electrons. The fraction of sp³-hybridized carbons (Fsp3) is 0.407. The van der Waals surface area contributed by atoms with Crippen LogP contribution < -0.4 is 4.74 Å². The zero-order valence-electron chi connectivity index (χ0n) is 20.6. The number of benzene rings is 1. The minimum atomic E-state index is -3.01. The van der Waals surface area contributed by atoms with Gasteiger partial charge in [0.2, 0.25) is 0 Å². The molecule has 2 amide bonds. The van der Waals surface area contributed by atoms with Crippen LogP contribution in [0.2, 0.25) is 0 Å². The zero-order valence-corrected chi connectivity index (χ0v) is 20.6. The number of hydrogen-bond donors (Lipinski definition) is 0. The average Bonchev–Trinajstić information content (AvgIpc) is 3.56. The fourth-order valence-electron chi connectivity index (χ4n) is 5.87. The number of nitrogens with zero attached hydrogens (tertiary/aromatic N) is 5. The zero-order chi connectivity index (χ0) is 26.1. The van der Waals surface area contributed by atoms with Crippen molar-refractivity contribution in [3.63, 3.8) is 0 Å². The molecule has 7 rings (SSSR count). The molecule has 4 heterocycles. The molecule has 2 bridgehead atoms. The molecule has 2 aliphatic heterocycles. The molecule has 2 atom stereocenters. The third-order valence-corrected chi connectivity index (χ3v) is 7.91. The van der Waals surface area contributed by atoms with Crippen LogP contribution in [0.25, 0.3) is 11.2 Å². The monoisotopic (exact) mass is 521 g/mol. The molecule has 0 saturated heterocycles. The first-order chi connectivity index (χ1) is 18.4. The first-order valence-corrected chi connectivity index (χ1v) is 12.8. The molecule has 0 N–H and O–H groups in total. The maximum atomic E-state index is 13.3. The third-order valence-electron chi connectivity index (χ3n) is 7.91. The SMILES string of the molecule is CN1C(=O)c2cccc(OC(F)F)c2C2CC1c1nn3ccc(C4=CCN(C(=O)OC5CC5)CC4)nc3c12. The van der Waals surface area contributed by atoms with Crippen molar-refractivity contribution >= 4 is 23.2 Å². The third kappa shape index (κ3) is 3.63. The number of alkyl halides is 2. The predicted molar refractivity (Wildman–Crippen MR) is 131 cm³/mol. The molecule has 1 aromatic carbocycles. The summed E-state index contributed by atoms with van der Waals surface area (Å²) in [5, 5.41) is 4.76. The van der Waals surface area contributed by atoms with Crippen molar-refractivity contribution in [3.05, 3.63) is 64.6 Å². The van der Waals surface area contributed by atoms with E-state index in [9.17, 15) is 18.4 Å². The number of carbonyl (C=O) groups excluding carboxylic acids is 2. The number of ether oxygens (including phenoxy) is 2. The van der Waals surface area contributed by atoms with E-state index >= 15 is 0 Å². The molecule has 2 aromatic heterocycles. The lowest BCUT2D eigenvalue weighted by Crippen LogP contribution is -2.35. The van der Waals surface area contributed by atoms with E-state index in [1.807, 2.05) is 18.3 Å². The normalized spacial score (nSPS) is 22.3. The van der Waals surface area contributed by atoms with Crippen molar-refractivity contribution in [3.8, 4) is 5.75 Å². The van der Waals surface area contributed by atoms with Gasteiger partial charge in [-0.05, 0) is 49.5 Å². The highest BCUT2D eigenvalue weighted by Gasteiger charge is 2.46. The van der Waals surface area contributed by atoms with E-state index in [2.05, 4.69) is 0 Å². The predicted octanol–water partition coefficient (Wildman–Crippen LogP) is 4.38. The highest BCUT2D eigenvalue weighted by Crippen LogP contribution is 2.53. The van der Waals surface area contributed by atoms with Gasteiger partial charge in [0.25, 0.3) is 5.91 Å². The number of hydrogen-bond acceptors (Lipinski definition) is 6. The maximum Gasteiger partial charge on any atom is 0.410 e. The molecule has 0 spiro atoms. The van der Waals surface area contributed by atoms with Crippen molar-refractivity contribution in [1.29, 1.82) is 0 Å². The van der Waals surface area contributed by atoms with E-state index in [0.717, 1.165) is 35.4 Å². The molecule has 3 aromatic rings. The van der Waals surface area contributed by atoms with Crippen LogP contribution in [0.15, 0.2) is 36.5 Å². The van der Waals surface area contributed by atoms with E-state index in [1.165, 1.54) is 6.07 Å². The number of aromatic nitrogens is 3. The lowest BCUT2D eigenvalue weighted by atomic mass is 9.89. The van der Waals surface area contributed by atoms with Crippen molar-refractivity contribution < 1.29 is 27.8 Å². The Labute approximate surface area is 216 Å². The Bertz CT molecular complexity index is 1510. The molecule has 2 unspecified atom stereocenters. The molecular weight excluding hydrogens is 496 g/mol. The Kier molecular flexibility index (Phi) is 5.17. The summed E-state index contributed by atoms with van der Waals surface area (Å²) in [4.78, 5) is 33.9. The van der Waals surface area contributed by atoms with Crippen molar-refractivity contribution in [1.82, 2.24) is 24.4 Å².